The normalized spacial score (nSPS) is 11.6. The summed E-state index contributed by atoms with van der Waals surface area (Å²) < 4.78 is 13.4. The van der Waals surface area contributed by atoms with Crippen LogP contribution in [0.1, 0.15) is 0 Å². The molecule has 2 heterocycles. The van der Waals surface area contributed by atoms with E-state index in [1.807, 2.05) is 48.5 Å². The highest BCUT2D eigenvalue weighted by molar-refractivity contribution is 6.20. The Morgan fingerprint density at radius 2 is 1.05 bits per heavy atom. The van der Waals surface area contributed by atoms with E-state index in [0.29, 0.717) is 11.5 Å². The third-order valence-corrected chi connectivity index (χ3v) is 10.7. The highest BCUT2D eigenvalue weighted by Crippen LogP contribution is 2.49. The highest BCUT2D eigenvalue weighted by Gasteiger charge is 2.27. The summed E-state index contributed by atoms with van der Waals surface area (Å²) in [6, 6.07) is 68.1. The van der Waals surface area contributed by atoms with E-state index in [0.717, 1.165) is 66.8 Å². The minimum absolute atomic E-state index is 0.560. The van der Waals surface area contributed by atoms with Gasteiger partial charge in [0.25, 0.3) is 0 Å². The van der Waals surface area contributed by atoms with Gasteiger partial charge in [-0.25, -0.2) is 4.98 Å². The summed E-state index contributed by atoms with van der Waals surface area (Å²) in [5.74, 6) is 0.560. The quantitative estimate of drug-likeness (QED) is 0.162. The molecular formula is C51H32N2O2. The summed E-state index contributed by atoms with van der Waals surface area (Å²) in [6.07, 6.45) is 0. The van der Waals surface area contributed by atoms with Crippen molar-refractivity contribution in [3.8, 4) is 33.7 Å². The van der Waals surface area contributed by atoms with Crippen LogP contribution in [0.5, 0.6) is 0 Å². The lowest BCUT2D eigenvalue weighted by Gasteiger charge is -2.27. The van der Waals surface area contributed by atoms with Crippen LogP contribution in [0.2, 0.25) is 0 Å². The first-order valence-corrected chi connectivity index (χ1v) is 18.5. The van der Waals surface area contributed by atoms with Crippen LogP contribution in [0.3, 0.4) is 0 Å². The van der Waals surface area contributed by atoms with Crippen LogP contribution in [0.25, 0.3) is 88.3 Å². The Morgan fingerprint density at radius 1 is 0.400 bits per heavy atom. The van der Waals surface area contributed by atoms with Gasteiger partial charge in [0.2, 0.25) is 5.89 Å². The topological polar surface area (TPSA) is 42.4 Å². The molecule has 0 unspecified atom stereocenters. The van der Waals surface area contributed by atoms with Crippen LogP contribution >= 0.6 is 0 Å². The molecule has 2 aromatic heterocycles. The number of fused-ring (bicyclic) bond motifs is 7. The molecule has 9 aromatic carbocycles. The average Bonchev–Trinajstić information content (AvgIpc) is 3.86. The molecule has 0 saturated heterocycles. The number of hydrogen-bond acceptors (Lipinski definition) is 4. The molecule has 0 aliphatic rings. The molecule has 258 valence electrons. The number of aromatic nitrogens is 1. The fourth-order valence-electron chi connectivity index (χ4n) is 8.11. The maximum Gasteiger partial charge on any atom is 0.227 e. The second-order valence-electron chi connectivity index (χ2n) is 13.9. The fraction of sp³-hybridized carbons (Fsp3) is 0. The van der Waals surface area contributed by atoms with E-state index in [1.54, 1.807) is 0 Å². The lowest BCUT2D eigenvalue weighted by atomic mass is 9.93. The second-order valence-corrected chi connectivity index (χ2v) is 13.9. The van der Waals surface area contributed by atoms with Crippen molar-refractivity contribution < 1.29 is 8.83 Å². The van der Waals surface area contributed by atoms with Crippen LogP contribution < -0.4 is 4.90 Å². The van der Waals surface area contributed by atoms with Gasteiger partial charge < -0.3 is 13.7 Å². The van der Waals surface area contributed by atoms with Crippen molar-refractivity contribution in [2.75, 3.05) is 4.90 Å². The maximum atomic E-state index is 6.84. The second kappa shape index (κ2) is 12.6. The van der Waals surface area contributed by atoms with Crippen molar-refractivity contribution in [2.45, 2.75) is 0 Å². The number of anilines is 3. The first kappa shape index (κ1) is 31.1. The van der Waals surface area contributed by atoms with E-state index < -0.39 is 0 Å². The number of rotatable bonds is 6. The molecule has 0 spiro atoms. The zero-order valence-corrected chi connectivity index (χ0v) is 29.7. The minimum atomic E-state index is 0.560. The number of hydrogen-bond donors (Lipinski definition) is 0. The number of benzene rings is 9. The van der Waals surface area contributed by atoms with Crippen LogP contribution in [0, 0.1) is 0 Å². The Bertz CT molecular complexity index is 3200. The molecule has 0 fully saturated rings. The molecule has 11 rings (SSSR count). The molecule has 0 N–H and O–H groups in total. The molecule has 4 nitrogen and oxygen atoms in total. The van der Waals surface area contributed by atoms with Crippen molar-refractivity contribution >= 4 is 71.6 Å². The third kappa shape index (κ3) is 5.19. The largest absolute Gasteiger partial charge is 0.456 e. The van der Waals surface area contributed by atoms with Crippen molar-refractivity contribution in [2.24, 2.45) is 0 Å². The van der Waals surface area contributed by atoms with E-state index in [4.69, 9.17) is 13.8 Å². The van der Waals surface area contributed by atoms with Gasteiger partial charge >= 0.3 is 0 Å². The monoisotopic (exact) mass is 704 g/mol. The van der Waals surface area contributed by atoms with Gasteiger partial charge in [-0.15, -0.1) is 0 Å². The van der Waals surface area contributed by atoms with Gasteiger partial charge in [-0.3, -0.25) is 0 Å². The summed E-state index contributed by atoms with van der Waals surface area (Å²) in [4.78, 5) is 7.36. The standard InChI is InChI=1S/C51H32N2O2/c1-3-14-33(15-4-1)36-19-13-20-39(30-36)53(38-28-26-34(27-29-38)44-31-37-18-7-8-21-40(37)41-22-9-10-23-42(41)44)49-48-43-24-11-12-25-46(43)54-47(48)32-45-50(49)55-51(52-45)35-16-5-2-6-17-35/h1-32H. The number of oxazole rings is 1. The zero-order valence-electron chi connectivity index (χ0n) is 29.7. The first-order valence-electron chi connectivity index (χ1n) is 18.5. The highest BCUT2D eigenvalue weighted by atomic mass is 16.4. The van der Waals surface area contributed by atoms with Gasteiger partial charge in [-0.1, -0.05) is 140 Å². The molecule has 11 aromatic rings. The first-order chi connectivity index (χ1) is 27.3. The Hall–Kier alpha value is -7.43. The smallest absolute Gasteiger partial charge is 0.227 e. The summed E-state index contributed by atoms with van der Waals surface area (Å²) in [5.41, 5.74) is 11.3. The van der Waals surface area contributed by atoms with Crippen molar-refractivity contribution in [1.29, 1.82) is 0 Å². The van der Waals surface area contributed by atoms with Gasteiger partial charge in [0.15, 0.2) is 5.58 Å². The molecule has 0 amide bonds. The van der Waals surface area contributed by atoms with Crippen molar-refractivity contribution in [1.82, 2.24) is 4.98 Å². The molecule has 0 saturated carbocycles. The van der Waals surface area contributed by atoms with Gasteiger partial charge in [-0.05, 0) is 92.3 Å². The van der Waals surface area contributed by atoms with E-state index in [1.165, 1.54) is 27.1 Å². The predicted octanol–water partition coefficient (Wildman–Crippen LogP) is 14.5. The lowest BCUT2D eigenvalue weighted by Crippen LogP contribution is -2.11. The minimum Gasteiger partial charge on any atom is -0.456 e. The van der Waals surface area contributed by atoms with Crippen molar-refractivity contribution in [3.63, 3.8) is 0 Å². The van der Waals surface area contributed by atoms with Crippen LogP contribution in [0.4, 0.5) is 17.1 Å². The average molecular weight is 705 g/mol. The van der Waals surface area contributed by atoms with Crippen LogP contribution in [0.15, 0.2) is 203 Å². The lowest BCUT2D eigenvalue weighted by molar-refractivity contribution is 0.620. The Labute approximate surface area is 317 Å². The Kier molecular flexibility index (Phi) is 7.14. The third-order valence-electron chi connectivity index (χ3n) is 10.7. The van der Waals surface area contributed by atoms with Crippen LogP contribution in [-0.4, -0.2) is 4.98 Å². The van der Waals surface area contributed by atoms with E-state index in [-0.39, 0.29) is 0 Å². The van der Waals surface area contributed by atoms with E-state index in [9.17, 15) is 0 Å². The molecule has 55 heavy (non-hydrogen) atoms. The summed E-state index contributed by atoms with van der Waals surface area (Å²) in [7, 11) is 0. The summed E-state index contributed by atoms with van der Waals surface area (Å²) in [6.45, 7) is 0. The molecule has 4 heteroatoms. The van der Waals surface area contributed by atoms with Gasteiger partial charge in [-0.2, -0.15) is 0 Å². The maximum absolute atomic E-state index is 6.84. The van der Waals surface area contributed by atoms with Crippen LogP contribution in [-0.2, 0) is 0 Å². The summed E-state index contributed by atoms with van der Waals surface area (Å²) in [5, 5.41) is 6.94. The Balaban J connectivity index is 1.18. The van der Waals surface area contributed by atoms with Gasteiger partial charge in [0.05, 0.1) is 5.39 Å². The predicted molar refractivity (Wildman–Crippen MR) is 227 cm³/mol. The molecule has 0 bridgehead atoms. The zero-order chi connectivity index (χ0) is 36.3. The van der Waals surface area contributed by atoms with E-state index in [2.05, 4.69) is 150 Å². The number of para-hydroxylation sites is 1. The molecule has 0 radical (unpaired) electrons. The Morgan fingerprint density at radius 3 is 1.85 bits per heavy atom. The number of nitrogens with zero attached hydrogens (tertiary/aromatic N) is 2. The fourth-order valence-corrected chi connectivity index (χ4v) is 8.11. The molecule has 0 aliphatic carbocycles. The van der Waals surface area contributed by atoms with E-state index >= 15 is 0 Å². The van der Waals surface area contributed by atoms with Gasteiger partial charge in [0.1, 0.15) is 22.4 Å². The van der Waals surface area contributed by atoms with Crippen molar-refractivity contribution in [3.05, 3.63) is 194 Å². The SMILES string of the molecule is c1ccc(-c2cccc(N(c3ccc(-c4cc5ccccc5c5ccccc45)cc3)c3c4oc(-c5ccccc5)nc4cc4oc5ccccc5c34)c2)cc1. The molecule has 0 atom stereocenters. The number of furan rings is 1. The summed E-state index contributed by atoms with van der Waals surface area (Å²) >= 11 is 0. The molecule has 0 aliphatic heterocycles. The molecular weight excluding hydrogens is 673 g/mol. The van der Waals surface area contributed by atoms with Gasteiger partial charge in [0, 0.05) is 28.4 Å².